The maximum absolute atomic E-state index is 13.8. The van der Waals surface area contributed by atoms with E-state index in [-0.39, 0.29) is 40.9 Å². The van der Waals surface area contributed by atoms with Crippen LogP contribution in [-0.2, 0) is 19.6 Å². The highest BCUT2D eigenvalue weighted by Crippen LogP contribution is 2.42. The number of alkyl halides is 3. The molecule has 3 rings (SSSR count). The van der Waals surface area contributed by atoms with Crippen LogP contribution < -0.4 is 19.7 Å². The van der Waals surface area contributed by atoms with Gasteiger partial charge in [-0.2, -0.15) is 13.2 Å². The van der Waals surface area contributed by atoms with E-state index in [1.54, 1.807) is 6.92 Å². The molecule has 2 amide bonds. The summed E-state index contributed by atoms with van der Waals surface area (Å²) in [5.74, 6) is -0.930. The van der Waals surface area contributed by atoms with Gasteiger partial charge in [0.25, 0.3) is 10.0 Å². The lowest BCUT2D eigenvalue weighted by Crippen LogP contribution is -2.55. The molecule has 2 atom stereocenters. The molecule has 0 fully saturated rings. The quantitative estimate of drug-likeness (QED) is 0.479. The molecule has 1 aliphatic heterocycles. The van der Waals surface area contributed by atoms with Crippen molar-refractivity contribution in [3.05, 3.63) is 48.3 Å². The third-order valence-electron chi connectivity index (χ3n) is 5.82. The maximum Gasteiger partial charge on any atom is 0.427 e. The van der Waals surface area contributed by atoms with Gasteiger partial charge in [0.2, 0.25) is 11.5 Å². The van der Waals surface area contributed by atoms with Gasteiger partial charge in [0, 0.05) is 12.6 Å². The number of ether oxygens (including phenoxy) is 2. The summed E-state index contributed by atoms with van der Waals surface area (Å²) in [6, 6.07) is 7.15. The normalized spacial score (nSPS) is 17.7. The molecule has 2 aromatic rings. The average molecular weight is 562 g/mol. The van der Waals surface area contributed by atoms with Crippen LogP contribution >= 0.6 is 0 Å². The molecule has 38 heavy (non-hydrogen) atoms. The van der Waals surface area contributed by atoms with E-state index in [1.807, 2.05) is 0 Å². The minimum Gasteiger partial charge on any atom is -0.484 e. The largest absolute Gasteiger partial charge is 0.484 e. The molecule has 0 spiro atoms. The number of nitrogens with zero attached hydrogens (tertiary/aromatic N) is 1. The van der Waals surface area contributed by atoms with Crippen molar-refractivity contribution >= 4 is 33.4 Å². The van der Waals surface area contributed by atoms with Crippen LogP contribution in [0.5, 0.6) is 5.75 Å². The highest BCUT2D eigenvalue weighted by Gasteiger charge is 2.51. The fraction of sp³-hybridized carbons (Fsp3) is 0.417. The number of benzene rings is 2. The molecule has 0 bridgehead atoms. The van der Waals surface area contributed by atoms with Crippen LogP contribution in [0, 0.1) is 5.82 Å². The standard InChI is InChI=1S/C24H27F4N3O6S/c1-5-18-21(13-29-14(2)32)36-20-11-8-16(30-22(33)37-23(3,4)24(26,27)28)12-19(20)31(18)38(34,35)17-9-6-15(25)7-10-17/h6-12,18,21H,5,13H2,1-4H3,(H,29,32)(H,30,33)/t18-,21+/m0/s1. The summed E-state index contributed by atoms with van der Waals surface area (Å²) in [4.78, 5) is 23.5. The van der Waals surface area contributed by atoms with Gasteiger partial charge in [0.15, 0.2) is 0 Å². The monoisotopic (exact) mass is 561 g/mol. The van der Waals surface area contributed by atoms with Crippen molar-refractivity contribution in [2.75, 3.05) is 16.2 Å². The molecule has 1 heterocycles. The van der Waals surface area contributed by atoms with E-state index in [9.17, 15) is 35.6 Å². The molecule has 0 unspecified atom stereocenters. The van der Waals surface area contributed by atoms with Crippen molar-refractivity contribution < 1.29 is 45.0 Å². The molecular weight excluding hydrogens is 534 g/mol. The molecule has 0 aliphatic carbocycles. The minimum atomic E-state index is -4.83. The Morgan fingerprint density at radius 1 is 1.11 bits per heavy atom. The molecule has 2 aromatic carbocycles. The van der Waals surface area contributed by atoms with Crippen LogP contribution in [0.1, 0.15) is 34.1 Å². The second-order valence-corrected chi connectivity index (χ2v) is 10.8. The van der Waals surface area contributed by atoms with Gasteiger partial charge in [0.05, 0.1) is 23.2 Å². The fourth-order valence-electron chi connectivity index (χ4n) is 3.75. The Labute approximate surface area is 217 Å². The van der Waals surface area contributed by atoms with Gasteiger partial charge in [-0.15, -0.1) is 0 Å². The van der Waals surface area contributed by atoms with E-state index in [0.29, 0.717) is 13.8 Å². The molecule has 14 heteroatoms. The van der Waals surface area contributed by atoms with E-state index in [4.69, 9.17) is 4.74 Å². The zero-order valence-electron chi connectivity index (χ0n) is 20.9. The number of amides is 2. The molecule has 2 N–H and O–H groups in total. The van der Waals surface area contributed by atoms with Gasteiger partial charge in [0.1, 0.15) is 17.7 Å². The number of hydrogen-bond donors (Lipinski definition) is 2. The Hall–Kier alpha value is -3.55. The number of hydrogen-bond acceptors (Lipinski definition) is 6. The van der Waals surface area contributed by atoms with Crippen LogP contribution in [0.3, 0.4) is 0 Å². The van der Waals surface area contributed by atoms with E-state index in [0.717, 1.165) is 28.6 Å². The van der Waals surface area contributed by atoms with Crippen molar-refractivity contribution in [2.24, 2.45) is 0 Å². The molecule has 0 aromatic heterocycles. The van der Waals surface area contributed by atoms with Crippen molar-refractivity contribution in [3.63, 3.8) is 0 Å². The number of rotatable bonds is 7. The third kappa shape index (κ3) is 6.11. The molecule has 0 saturated carbocycles. The predicted octanol–water partition coefficient (Wildman–Crippen LogP) is 4.59. The van der Waals surface area contributed by atoms with Gasteiger partial charge < -0.3 is 14.8 Å². The number of carbonyl (C=O) groups is 2. The zero-order valence-corrected chi connectivity index (χ0v) is 21.7. The first-order chi connectivity index (χ1) is 17.6. The molecule has 9 nitrogen and oxygen atoms in total. The molecule has 208 valence electrons. The van der Waals surface area contributed by atoms with Crippen molar-refractivity contribution in [1.82, 2.24) is 5.32 Å². The summed E-state index contributed by atoms with van der Waals surface area (Å²) in [6.45, 7) is 4.34. The summed E-state index contributed by atoms with van der Waals surface area (Å²) in [5, 5.41) is 4.78. The second-order valence-electron chi connectivity index (χ2n) is 9.03. The van der Waals surface area contributed by atoms with Gasteiger partial charge in [-0.05, 0) is 62.7 Å². The van der Waals surface area contributed by atoms with Crippen molar-refractivity contribution in [3.8, 4) is 5.75 Å². The Morgan fingerprint density at radius 3 is 2.29 bits per heavy atom. The summed E-state index contributed by atoms with van der Waals surface area (Å²) in [5.41, 5.74) is -2.87. The van der Waals surface area contributed by atoms with Gasteiger partial charge in [-0.3, -0.25) is 14.4 Å². The van der Waals surface area contributed by atoms with Crippen LogP contribution in [-0.4, -0.2) is 50.9 Å². The minimum absolute atomic E-state index is 0.0202. The summed E-state index contributed by atoms with van der Waals surface area (Å²) in [6.07, 6.45) is -6.83. The Morgan fingerprint density at radius 2 is 1.74 bits per heavy atom. The third-order valence-corrected chi connectivity index (χ3v) is 7.68. The highest BCUT2D eigenvalue weighted by molar-refractivity contribution is 7.92. The van der Waals surface area contributed by atoms with Crippen molar-refractivity contribution in [2.45, 2.75) is 62.9 Å². The Bertz CT molecular complexity index is 1300. The topological polar surface area (TPSA) is 114 Å². The Kier molecular flexibility index (Phi) is 8.15. The summed E-state index contributed by atoms with van der Waals surface area (Å²) < 4.78 is 91.9. The van der Waals surface area contributed by atoms with E-state index >= 15 is 0 Å². The maximum atomic E-state index is 13.8. The molecule has 0 radical (unpaired) electrons. The molecule has 1 aliphatic rings. The molecular formula is C24H27F4N3O6S. The van der Waals surface area contributed by atoms with Gasteiger partial charge in [-0.25, -0.2) is 17.6 Å². The second kappa shape index (κ2) is 10.7. The Balaban J connectivity index is 2.04. The van der Waals surface area contributed by atoms with Gasteiger partial charge in [-0.1, -0.05) is 6.92 Å². The lowest BCUT2D eigenvalue weighted by atomic mass is 10.0. The summed E-state index contributed by atoms with van der Waals surface area (Å²) >= 11 is 0. The number of anilines is 2. The van der Waals surface area contributed by atoms with Crippen molar-refractivity contribution in [1.29, 1.82) is 0 Å². The zero-order chi connectivity index (χ0) is 28.5. The van der Waals surface area contributed by atoms with Crippen LogP contribution in [0.4, 0.5) is 33.7 Å². The van der Waals surface area contributed by atoms with Crippen LogP contribution in [0.25, 0.3) is 0 Å². The highest BCUT2D eigenvalue weighted by atomic mass is 32.2. The first kappa shape index (κ1) is 29.0. The van der Waals surface area contributed by atoms with E-state index in [1.165, 1.54) is 25.1 Å². The molecule has 0 saturated heterocycles. The summed E-state index contributed by atoms with van der Waals surface area (Å²) in [7, 11) is -4.34. The first-order valence-electron chi connectivity index (χ1n) is 11.5. The number of nitrogens with one attached hydrogen (secondary N) is 2. The first-order valence-corrected chi connectivity index (χ1v) is 12.9. The number of fused-ring (bicyclic) bond motifs is 1. The van der Waals surface area contributed by atoms with Crippen LogP contribution in [0.2, 0.25) is 0 Å². The lowest BCUT2D eigenvalue weighted by Gasteiger charge is -2.42. The van der Waals surface area contributed by atoms with E-state index < -0.39 is 45.9 Å². The fourth-order valence-corrected chi connectivity index (χ4v) is 5.50. The number of carbonyl (C=O) groups excluding carboxylic acids is 2. The smallest absolute Gasteiger partial charge is 0.427 e. The van der Waals surface area contributed by atoms with Gasteiger partial charge >= 0.3 is 12.3 Å². The predicted molar refractivity (Wildman–Crippen MR) is 130 cm³/mol. The number of sulfonamides is 1. The van der Waals surface area contributed by atoms with Crippen LogP contribution in [0.15, 0.2) is 47.4 Å². The SMILES string of the molecule is CC[C@H]1[C@@H](CNC(C)=O)Oc2ccc(NC(=O)OC(C)(C)C(F)(F)F)cc2N1S(=O)(=O)c1ccc(F)cc1. The van der Waals surface area contributed by atoms with E-state index in [2.05, 4.69) is 15.4 Å². The number of halogens is 4. The lowest BCUT2D eigenvalue weighted by molar-refractivity contribution is -0.242. The average Bonchev–Trinajstić information content (AvgIpc) is 2.80.